The Balaban J connectivity index is 1.63. The van der Waals surface area contributed by atoms with Crippen LogP contribution in [0.1, 0.15) is 51.9 Å². The number of amides is 1. The Bertz CT molecular complexity index is 1530. The molecule has 0 spiro atoms. The number of hydrogen-bond acceptors (Lipinski definition) is 8. The zero-order valence-electron chi connectivity index (χ0n) is 23.2. The Morgan fingerprint density at radius 2 is 1.73 bits per heavy atom. The Labute approximate surface area is 244 Å². The maximum atomic E-state index is 14.2. The second kappa shape index (κ2) is 10.6. The van der Waals surface area contributed by atoms with Crippen molar-refractivity contribution in [2.75, 3.05) is 23.7 Å². The quantitative estimate of drug-likeness (QED) is 0.371. The highest BCUT2D eigenvalue weighted by Crippen LogP contribution is 2.47. The van der Waals surface area contributed by atoms with Gasteiger partial charge in [0.05, 0.1) is 33.1 Å². The fraction of sp³-hybridized carbons (Fsp3) is 0.519. The summed E-state index contributed by atoms with van der Waals surface area (Å²) in [5, 5.41) is -0.282. The van der Waals surface area contributed by atoms with Gasteiger partial charge in [-0.2, -0.15) is 18.2 Å². The van der Waals surface area contributed by atoms with Crippen LogP contribution in [-0.2, 0) is 17.5 Å². The topological polar surface area (TPSA) is 93.5 Å². The molecule has 0 radical (unpaired) electrons. The Morgan fingerprint density at radius 1 is 1.10 bits per heavy atom. The van der Waals surface area contributed by atoms with Crippen molar-refractivity contribution in [1.82, 2.24) is 24.4 Å². The predicted octanol–water partition coefficient (Wildman–Crippen LogP) is 5.58. The average Bonchev–Trinajstić information content (AvgIpc) is 3.07. The number of carbonyl (C=O) groups is 1. The molecule has 41 heavy (non-hydrogen) atoms. The van der Waals surface area contributed by atoms with Crippen molar-refractivity contribution in [2.24, 2.45) is 0 Å². The monoisotopic (exact) mass is 610 g/mol. The van der Waals surface area contributed by atoms with Crippen LogP contribution in [0.25, 0.3) is 10.9 Å². The van der Waals surface area contributed by atoms with Crippen LogP contribution in [0.5, 0.6) is 0 Å². The van der Waals surface area contributed by atoms with Crippen molar-refractivity contribution in [3.63, 3.8) is 0 Å². The minimum atomic E-state index is -4.73. The van der Waals surface area contributed by atoms with E-state index in [0.717, 1.165) is 17.8 Å². The molecule has 1 fully saturated rings. The largest absolute Gasteiger partial charge is 0.444 e. The molecule has 14 heteroatoms. The van der Waals surface area contributed by atoms with Gasteiger partial charge in [0, 0.05) is 49.1 Å². The maximum Gasteiger partial charge on any atom is 0.417 e. The van der Waals surface area contributed by atoms with Gasteiger partial charge in [0.1, 0.15) is 17.2 Å². The van der Waals surface area contributed by atoms with E-state index >= 15 is 0 Å². The van der Waals surface area contributed by atoms with E-state index in [9.17, 15) is 22.8 Å². The van der Waals surface area contributed by atoms with Crippen LogP contribution in [0.2, 0.25) is 5.02 Å². The zero-order valence-corrected chi connectivity index (χ0v) is 24.8. The fourth-order valence-corrected chi connectivity index (χ4v) is 7.05. The number of piperazine rings is 1. The van der Waals surface area contributed by atoms with Crippen LogP contribution < -0.4 is 10.6 Å². The van der Waals surface area contributed by atoms with Gasteiger partial charge in [-0.1, -0.05) is 11.6 Å². The molecule has 1 unspecified atom stereocenters. The lowest BCUT2D eigenvalue weighted by atomic mass is 10.1. The predicted molar refractivity (Wildman–Crippen MR) is 151 cm³/mol. The summed E-state index contributed by atoms with van der Waals surface area (Å²) in [5.41, 5.74) is -1.99. The van der Waals surface area contributed by atoms with Gasteiger partial charge in [0.25, 0.3) is 0 Å². The van der Waals surface area contributed by atoms with E-state index in [4.69, 9.17) is 16.3 Å². The van der Waals surface area contributed by atoms with Gasteiger partial charge in [0.2, 0.25) is 0 Å². The van der Waals surface area contributed by atoms with Gasteiger partial charge in [-0.3, -0.25) is 9.47 Å². The number of nitrogens with zero attached hydrogens (tertiary/aromatic N) is 6. The molecule has 3 atom stereocenters. The van der Waals surface area contributed by atoms with Crippen LogP contribution in [0.15, 0.2) is 34.2 Å². The molecule has 9 nitrogen and oxygen atoms in total. The highest BCUT2D eigenvalue weighted by atomic mass is 35.5. The number of benzene rings is 1. The van der Waals surface area contributed by atoms with E-state index in [2.05, 4.69) is 15.0 Å². The number of anilines is 1. The first-order valence-corrected chi connectivity index (χ1v) is 14.5. The van der Waals surface area contributed by atoms with Crippen LogP contribution in [-0.4, -0.2) is 67.0 Å². The molecule has 2 aliphatic heterocycles. The molecule has 2 aliphatic rings. The summed E-state index contributed by atoms with van der Waals surface area (Å²) in [7, 11) is 0. The molecule has 1 aromatic carbocycles. The lowest BCUT2D eigenvalue weighted by molar-refractivity contribution is -0.137. The lowest BCUT2D eigenvalue weighted by Crippen LogP contribution is -2.59. The fourth-order valence-electron chi connectivity index (χ4n) is 5.42. The highest BCUT2D eigenvalue weighted by molar-refractivity contribution is 7.99. The van der Waals surface area contributed by atoms with Crippen LogP contribution >= 0.6 is 23.4 Å². The van der Waals surface area contributed by atoms with Crippen LogP contribution in [0.3, 0.4) is 0 Å². The zero-order chi connectivity index (χ0) is 29.9. The van der Waals surface area contributed by atoms with E-state index in [0.29, 0.717) is 17.1 Å². The number of ether oxygens (including phenoxy) is 1. The molecule has 0 bridgehead atoms. The molecular formula is C27H30ClF3N6O3S. The molecule has 1 amide bonds. The summed E-state index contributed by atoms with van der Waals surface area (Å²) in [4.78, 5) is 43.0. The molecule has 1 saturated heterocycles. The number of rotatable bonds is 2. The van der Waals surface area contributed by atoms with Crippen molar-refractivity contribution in [3.8, 4) is 0 Å². The Kier molecular flexibility index (Phi) is 7.64. The van der Waals surface area contributed by atoms with Gasteiger partial charge < -0.3 is 9.64 Å². The third-order valence-electron chi connectivity index (χ3n) is 7.05. The molecule has 5 rings (SSSR count). The van der Waals surface area contributed by atoms with Crippen molar-refractivity contribution in [2.45, 2.75) is 75.8 Å². The number of alkyl halides is 3. The smallest absolute Gasteiger partial charge is 0.417 e. The van der Waals surface area contributed by atoms with Crippen LogP contribution in [0, 0.1) is 0 Å². The Morgan fingerprint density at radius 3 is 2.32 bits per heavy atom. The van der Waals surface area contributed by atoms with Gasteiger partial charge >= 0.3 is 18.0 Å². The van der Waals surface area contributed by atoms with E-state index in [1.165, 1.54) is 4.57 Å². The molecule has 3 aromatic rings. The number of halogens is 4. The first-order valence-electron chi connectivity index (χ1n) is 13.2. The van der Waals surface area contributed by atoms with Gasteiger partial charge in [-0.25, -0.2) is 19.6 Å². The highest BCUT2D eigenvalue weighted by Gasteiger charge is 2.40. The van der Waals surface area contributed by atoms with Crippen molar-refractivity contribution >= 4 is 46.2 Å². The van der Waals surface area contributed by atoms with E-state index < -0.39 is 34.1 Å². The first-order chi connectivity index (χ1) is 19.2. The third-order valence-corrected chi connectivity index (χ3v) is 8.81. The number of thioether (sulfide) groups is 1. The summed E-state index contributed by atoms with van der Waals surface area (Å²) in [6.45, 7) is 9.60. The van der Waals surface area contributed by atoms with Gasteiger partial charge in [-0.15, -0.1) is 11.8 Å². The van der Waals surface area contributed by atoms with Crippen molar-refractivity contribution in [1.29, 1.82) is 0 Å². The van der Waals surface area contributed by atoms with Crippen LogP contribution in [0.4, 0.5) is 23.8 Å². The molecule has 0 saturated carbocycles. The average molecular weight is 611 g/mol. The van der Waals surface area contributed by atoms with E-state index in [-0.39, 0.29) is 53.7 Å². The maximum absolute atomic E-state index is 14.2. The standard InChI is InChI=1S/C27H30ClF3N6O3S/c1-14-10-35(11-15(2)37(14)25(39)40-26(3,4)5)23-17-9-18(27(29,30)31)19(28)21-20(17)36(24(38)34-23)12-16(13-41-21)22-32-7-6-8-33-22/h6-9,14-16H,10-13H2,1-5H3/t14-,15+,16?. The minimum absolute atomic E-state index is 0.127. The molecule has 2 aromatic heterocycles. The molecule has 0 N–H and O–H groups in total. The third kappa shape index (κ3) is 5.70. The molecule has 220 valence electrons. The second-order valence-corrected chi connectivity index (χ2v) is 12.8. The number of carbonyl (C=O) groups excluding carboxylic acids is 1. The molecular weight excluding hydrogens is 581 g/mol. The first kappa shape index (κ1) is 29.4. The van der Waals surface area contributed by atoms with Gasteiger partial charge in [0.15, 0.2) is 0 Å². The normalized spacial score (nSPS) is 21.6. The van der Waals surface area contributed by atoms with E-state index in [1.807, 2.05) is 13.8 Å². The van der Waals surface area contributed by atoms with E-state index in [1.54, 1.807) is 49.0 Å². The van der Waals surface area contributed by atoms with Crippen molar-refractivity contribution in [3.05, 3.63) is 51.4 Å². The van der Waals surface area contributed by atoms with Crippen molar-refractivity contribution < 1.29 is 22.7 Å². The lowest BCUT2D eigenvalue weighted by Gasteiger charge is -2.45. The minimum Gasteiger partial charge on any atom is -0.444 e. The molecule has 0 aliphatic carbocycles. The summed E-state index contributed by atoms with van der Waals surface area (Å²) >= 11 is 7.56. The summed E-state index contributed by atoms with van der Waals surface area (Å²) in [5.74, 6) is 0.566. The summed E-state index contributed by atoms with van der Waals surface area (Å²) in [6, 6.07) is 1.91. The Hall–Kier alpha value is -3.06. The number of aromatic nitrogens is 4. The van der Waals surface area contributed by atoms with Gasteiger partial charge in [-0.05, 0) is 46.8 Å². The molecule has 4 heterocycles. The summed E-state index contributed by atoms with van der Waals surface area (Å²) in [6.07, 6.45) is -2.04. The SMILES string of the molecule is C[C@@H]1CN(c2nc(=O)n3c4c(c(Cl)c(C(F)(F)F)cc24)SCC(c2ncccn2)C3)C[C@H](C)N1C(=O)OC(C)(C)C. The summed E-state index contributed by atoms with van der Waals surface area (Å²) < 4.78 is 49.7. The second-order valence-electron chi connectivity index (χ2n) is 11.4. The number of hydrogen-bond donors (Lipinski definition) is 0.